The minimum atomic E-state index is -0.578. The van der Waals surface area contributed by atoms with Gasteiger partial charge in [-0.05, 0) is 43.5 Å². The molecule has 4 atom stereocenters. The number of fused-ring (bicyclic) bond motifs is 1. The number of quaternary nitrogens is 1. The third-order valence-corrected chi connectivity index (χ3v) is 6.50. The molecule has 5 nitrogen and oxygen atoms in total. The molecule has 0 radical (unpaired) electrons. The molecule has 1 amide bonds. The lowest BCUT2D eigenvalue weighted by atomic mass is 9.66. The van der Waals surface area contributed by atoms with Crippen LogP contribution in [0.4, 0.5) is 0 Å². The molecule has 1 aromatic carbocycles. The van der Waals surface area contributed by atoms with Crippen LogP contribution < -0.4 is 15.0 Å². The highest BCUT2D eigenvalue weighted by Crippen LogP contribution is 2.44. The number of carbonyl (C=O) groups excluding carboxylic acids is 1. The van der Waals surface area contributed by atoms with Crippen molar-refractivity contribution < 1.29 is 19.5 Å². The lowest BCUT2D eigenvalue weighted by Crippen LogP contribution is -3.16. The SMILES string of the molecule is CCCCNC(=O)C[NH+]1CC[C@]2(O)CCCC[C@@H]2[C@H]1c1ccc(OC)cc1. The number of piperidine rings is 1. The normalized spacial score (nSPS) is 30.4. The number of ether oxygens (including phenoxy) is 1. The van der Waals surface area contributed by atoms with E-state index in [1.54, 1.807) is 7.11 Å². The molecule has 1 aromatic rings. The summed E-state index contributed by atoms with van der Waals surface area (Å²) >= 11 is 0. The van der Waals surface area contributed by atoms with Crippen LogP contribution in [0.3, 0.4) is 0 Å². The predicted molar refractivity (Wildman–Crippen MR) is 106 cm³/mol. The van der Waals surface area contributed by atoms with E-state index in [4.69, 9.17) is 4.74 Å². The number of aliphatic hydroxyl groups is 1. The zero-order valence-electron chi connectivity index (χ0n) is 16.8. The zero-order valence-corrected chi connectivity index (χ0v) is 16.8. The van der Waals surface area contributed by atoms with E-state index in [1.165, 1.54) is 10.5 Å². The third kappa shape index (κ3) is 4.64. The van der Waals surface area contributed by atoms with Crippen molar-refractivity contribution in [3.05, 3.63) is 29.8 Å². The molecule has 1 saturated carbocycles. The zero-order chi connectivity index (χ0) is 19.3. The summed E-state index contributed by atoms with van der Waals surface area (Å²) in [6.45, 7) is 4.20. The van der Waals surface area contributed by atoms with Crippen molar-refractivity contribution >= 4 is 5.91 Å². The first kappa shape index (κ1) is 20.2. The standard InChI is InChI=1S/C22H34N2O3/c1-3-4-14-23-20(25)16-24-15-13-22(26)12-6-5-7-19(22)21(24)17-8-10-18(27-2)11-9-17/h8-11,19,21,26H,3-7,12-16H2,1-2H3,(H,23,25)/p+1/t19-,21-,22-/m1/s1. The van der Waals surface area contributed by atoms with Crippen LogP contribution in [0.2, 0.25) is 0 Å². The van der Waals surface area contributed by atoms with Gasteiger partial charge in [0.05, 0.1) is 19.3 Å². The fourth-order valence-electron chi connectivity index (χ4n) is 5.00. The van der Waals surface area contributed by atoms with Crippen molar-refractivity contribution in [1.29, 1.82) is 0 Å². The molecule has 1 aliphatic heterocycles. The number of likely N-dealkylation sites (tertiary alicyclic amines) is 1. The highest BCUT2D eigenvalue weighted by Gasteiger charge is 2.51. The Labute approximate surface area is 163 Å². The average molecular weight is 376 g/mol. The molecule has 3 N–H and O–H groups in total. The van der Waals surface area contributed by atoms with Gasteiger partial charge in [0, 0.05) is 24.4 Å². The van der Waals surface area contributed by atoms with Gasteiger partial charge in [-0.15, -0.1) is 0 Å². The number of carbonyl (C=O) groups is 1. The first-order valence-corrected chi connectivity index (χ1v) is 10.5. The fourth-order valence-corrected chi connectivity index (χ4v) is 5.00. The van der Waals surface area contributed by atoms with Crippen molar-refractivity contribution in [2.24, 2.45) is 5.92 Å². The van der Waals surface area contributed by atoms with E-state index < -0.39 is 5.60 Å². The quantitative estimate of drug-likeness (QED) is 0.638. The highest BCUT2D eigenvalue weighted by atomic mass is 16.5. The Hall–Kier alpha value is -1.59. The van der Waals surface area contributed by atoms with E-state index in [0.717, 1.165) is 63.8 Å². The number of unbranched alkanes of at least 4 members (excludes halogenated alkanes) is 1. The number of benzene rings is 1. The van der Waals surface area contributed by atoms with E-state index in [0.29, 0.717) is 6.54 Å². The summed E-state index contributed by atoms with van der Waals surface area (Å²) in [6.07, 6.45) is 7.09. The largest absolute Gasteiger partial charge is 0.497 e. The molecule has 150 valence electrons. The van der Waals surface area contributed by atoms with Crippen LogP contribution >= 0.6 is 0 Å². The van der Waals surface area contributed by atoms with E-state index in [1.807, 2.05) is 12.1 Å². The van der Waals surface area contributed by atoms with Gasteiger partial charge in [-0.2, -0.15) is 0 Å². The molecular weight excluding hydrogens is 340 g/mol. The van der Waals surface area contributed by atoms with Gasteiger partial charge in [0.15, 0.2) is 6.54 Å². The summed E-state index contributed by atoms with van der Waals surface area (Å²) in [7, 11) is 1.67. The molecule has 0 aromatic heterocycles. The van der Waals surface area contributed by atoms with Crippen molar-refractivity contribution in [2.75, 3.05) is 26.7 Å². The second-order valence-corrected chi connectivity index (χ2v) is 8.25. The molecular formula is C22H35N2O3+. The second kappa shape index (κ2) is 9.07. The predicted octanol–water partition coefficient (Wildman–Crippen LogP) is 1.86. The average Bonchev–Trinajstić information content (AvgIpc) is 2.68. The Morgan fingerprint density at radius 1 is 1.30 bits per heavy atom. The van der Waals surface area contributed by atoms with Crippen LogP contribution in [0, 0.1) is 5.92 Å². The molecule has 2 aliphatic rings. The van der Waals surface area contributed by atoms with Gasteiger partial charge in [0.25, 0.3) is 5.91 Å². The van der Waals surface area contributed by atoms with Crippen LogP contribution in [0.1, 0.15) is 63.5 Å². The summed E-state index contributed by atoms with van der Waals surface area (Å²) in [4.78, 5) is 13.8. The van der Waals surface area contributed by atoms with E-state index >= 15 is 0 Å². The van der Waals surface area contributed by atoms with Gasteiger partial charge in [-0.25, -0.2) is 0 Å². The fraction of sp³-hybridized carbons (Fsp3) is 0.682. The second-order valence-electron chi connectivity index (χ2n) is 8.25. The first-order chi connectivity index (χ1) is 13.1. The number of hydrogen-bond donors (Lipinski definition) is 3. The number of nitrogens with one attached hydrogen (secondary N) is 2. The molecule has 1 saturated heterocycles. The van der Waals surface area contributed by atoms with Gasteiger partial charge in [0.2, 0.25) is 0 Å². The van der Waals surface area contributed by atoms with Crippen molar-refractivity contribution in [2.45, 2.75) is 63.5 Å². The maximum atomic E-state index is 12.5. The smallest absolute Gasteiger partial charge is 0.275 e. The van der Waals surface area contributed by atoms with Gasteiger partial charge in [0.1, 0.15) is 11.8 Å². The summed E-state index contributed by atoms with van der Waals surface area (Å²) in [5.74, 6) is 1.18. The van der Waals surface area contributed by atoms with Crippen molar-refractivity contribution in [3.63, 3.8) is 0 Å². The first-order valence-electron chi connectivity index (χ1n) is 10.5. The maximum absolute atomic E-state index is 12.5. The topological polar surface area (TPSA) is 63.0 Å². The molecule has 2 fully saturated rings. The van der Waals surface area contributed by atoms with Crippen LogP contribution in [-0.4, -0.2) is 43.4 Å². The number of hydrogen-bond acceptors (Lipinski definition) is 3. The Kier molecular flexibility index (Phi) is 6.77. The Bertz CT molecular complexity index is 618. The number of amides is 1. The van der Waals surface area contributed by atoms with Crippen molar-refractivity contribution in [3.8, 4) is 5.75 Å². The Morgan fingerprint density at radius 3 is 2.78 bits per heavy atom. The lowest BCUT2D eigenvalue weighted by Gasteiger charge is -2.50. The molecule has 1 unspecified atom stereocenters. The third-order valence-electron chi connectivity index (χ3n) is 6.50. The molecule has 0 bridgehead atoms. The van der Waals surface area contributed by atoms with E-state index in [2.05, 4.69) is 24.4 Å². The van der Waals surface area contributed by atoms with Gasteiger partial charge >= 0.3 is 0 Å². The summed E-state index contributed by atoms with van der Waals surface area (Å²) in [5.41, 5.74) is 0.627. The number of rotatable bonds is 7. The Balaban J connectivity index is 1.81. The lowest BCUT2D eigenvalue weighted by molar-refractivity contribution is -0.937. The van der Waals surface area contributed by atoms with Crippen molar-refractivity contribution in [1.82, 2.24) is 5.32 Å². The molecule has 5 heteroatoms. The molecule has 3 rings (SSSR count). The Morgan fingerprint density at radius 2 is 2.07 bits per heavy atom. The number of methoxy groups -OCH3 is 1. The maximum Gasteiger partial charge on any atom is 0.275 e. The highest BCUT2D eigenvalue weighted by molar-refractivity contribution is 5.76. The van der Waals surface area contributed by atoms with Gasteiger partial charge in [-0.1, -0.05) is 26.2 Å². The summed E-state index contributed by atoms with van der Waals surface area (Å²) in [5, 5.41) is 14.4. The molecule has 1 aliphatic carbocycles. The summed E-state index contributed by atoms with van der Waals surface area (Å²) < 4.78 is 5.31. The van der Waals surface area contributed by atoms with Crippen LogP contribution in [0.15, 0.2) is 24.3 Å². The van der Waals surface area contributed by atoms with E-state index in [9.17, 15) is 9.90 Å². The van der Waals surface area contributed by atoms with Crippen LogP contribution in [0.25, 0.3) is 0 Å². The van der Waals surface area contributed by atoms with E-state index in [-0.39, 0.29) is 17.9 Å². The monoisotopic (exact) mass is 375 g/mol. The minimum absolute atomic E-state index is 0.123. The molecule has 1 heterocycles. The van der Waals surface area contributed by atoms with Crippen LogP contribution in [0.5, 0.6) is 5.75 Å². The van der Waals surface area contributed by atoms with Gasteiger partial charge < -0.3 is 20.1 Å². The minimum Gasteiger partial charge on any atom is -0.497 e. The van der Waals surface area contributed by atoms with Gasteiger partial charge in [-0.3, -0.25) is 4.79 Å². The molecule has 27 heavy (non-hydrogen) atoms. The molecule has 0 spiro atoms. The summed E-state index contributed by atoms with van der Waals surface area (Å²) in [6, 6.07) is 8.36. The van der Waals surface area contributed by atoms with Crippen LogP contribution in [-0.2, 0) is 4.79 Å².